The minimum Gasteiger partial charge on any atom is -0.408 e. The number of rotatable bonds is 6. The third-order valence-corrected chi connectivity index (χ3v) is 6.44. The Kier molecular flexibility index (Phi) is 6.07. The fourth-order valence-electron chi connectivity index (χ4n) is 4.49. The summed E-state index contributed by atoms with van der Waals surface area (Å²) in [6, 6.07) is 11.5. The number of nitrogens with one attached hydrogen (secondary N) is 1. The molecule has 0 unspecified atom stereocenters. The number of fused-ring (bicyclic) bond motifs is 1. The maximum absolute atomic E-state index is 13.9. The van der Waals surface area contributed by atoms with E-state index >= 15 is 0 Å². The standard InChI is InChI=1S/C23H26ClFN2O2/c1-27(12-2-3-16-4-8-18(24)14-20(16)25)19-9-5-15(6-10-19)17-7-11-21-22(13-17)29-23(28)26-21/h4,7-8,11,13-15,19H,2-3,5-6,9-10,12H2,1H3,(H,26,28). The number of nitrogens with zero attached hydrogens (tertiary/aromatic N) is 1. The first kappa shape index (κ1) is 20.2. The number of aromatic amines is 1. The summed E-state index contributed by atoms with van der Waals surface area (Å²) in [5.74, 6) is -0.107. The second-order valence-electron chi connectivity index (χ2n) is 8.10. The van der Waals surface area contributed by atoms with Gasteiger partial charge in [-0.3, -0.25) is 4.98 Å². The molecular formula is C23H26ClFN2O2. The van der Waals surface area contributed by atoms with E-state index in [0.29, 0.717) is 22.6 Å². The van der Waals surface area contributed by atoms with Gasteiger partial charge in [0.15, 0.2) is 5.58 Å². The molecule has 1 aromatic heterocycles. The van der Waals surface area contributed by atoms with Crippen LogP contribution in [0.15, 0.2) is 45.6 Å². The van der Waals surface area contributed by atoms with Crippen molar-refractivity contribution in [3.05, 3.63) is 68.9 Å². The highest BCUT2D eigenvalue weighted by molar-refractivity contribution is 6.30. The van der Waals surface area contributed by atoms with Crippen LogP contribution in [0, 0.1) is 5.82 Å². The van der Waals surface area contributed by atoms with E-state index in [-0.39, 0.29) is 5.82 Å². The third-order valence-electron chi connectivity index (χ3n) is 6.21. The zero-order valence-electron chi connectivity index (χ0n) is 16.6. The molecule has 0 aliphatic heterocycles. The topological polar surface area (TPSA) is 49.2 Å². The molecular weight excluding hydrogens is 391 g/mol. The van der Waals surface area contributed by atoms with Gasteiger partial charge in [-0.2, -0.15) is 0 Å². The zero-order chi connectivity index (χ0) is 20.4. The summed E-state index contributed by atoms with van der Waals surface area (Å²) >= 11 is 5.82. The highest BCUT2D eigenvalue weighted by Crippen LogP contribution is 2.35. The number of H-pyrrole nitrogens is 1. The van der Waals surface area contributed by atoms with E-state index in [1.165, 1.54) is 11.6 Å². The van der Waals surface area contributed by atoms with Crippen LogP contribution in [0.5, 0.6) is 0 Å². The van der Waals surface area contributed by atoms with Crippen molar-refractivity contribution in [2.45, 2.75) is 50.5 Å². The largest absolute Gasteiger partial charge is 0.417 e. The molecule has 1 saturated carbocycles. The summed E-state index contributed by atoms with van der Waals surface area (Å²) in [5.41, 5.74) is 3.38. The number of aryl methyl sites for hydroxylation is 1. The van der Waals surface area contributed by atoms with Gasteiger partial charge in [-0.25, -0.2) is 9.18 Å². The fourth-order valence-corrected chi connectivity index (χ4v) is 4.65. The molecule has 29 heavy (non-hydrogen) atoms. The van der Waals surface area contributed by atoms with E-state index in [2.05, 4.69) is 23.0 Å². The minimum absolute atomic E-state index is 0.212. The van der Waals surface area contributed by atoms with Crippen molar-refractivity contribution in [3.8, 4) is 0 Å². The van der Waals surface area contributed by atoms with E-state index in [4.69, 9.17) is 16.0 Å². The number of aromatic nitrogens is 1. The first-order valence-corrected chi connectivity index (χ1v) is 10.6. The van der Waals surface area contributed by atoms with E-state index in [1.807, 2.05) is 12.1 Å². The van der Waals surface area contributed by atoms with E-state index in [0.717, 1.165) is 56.1 Å². The maximum Gasteiger partial charge on any atom is 0.417 e. The van der Waals surface area contributed by atoms with Crippen LogP contribution in [0.4, 0.5) is 4.39 Å². The molecule has 0 spiro atoms. The van der Waals surface area contributed by atoms with Crippen LogP contribution < -0.4 is 5.76 Å². The van der Waals surface area contributed by atoms with Crippen LogP contribution in [0.25, 0.3) is 11.1 Å². The smallest absolute Gasteiger partial charge is 0.408 e. The van der Waals surface area contributed by atoms with E-state index < -0.39 is 5.76 Å². The second kappa shape index (κ2) is 8.72. The summed E-state index contributed by atoms with van der Waals surface area (Å²) in [4.78, 5) is 16.5. The molecule has 1 aliphatic rings. The lowest BCUT2D eigenvalue weighted by atomic mass is 9.81. The molecule has 1 fully saturated rings. The van der Waals surface area contributed by atoms with Gasteiger partial charge in [-0.1, -0.05) is 23.7 Å². The molecule has 2 aromatic carbocycles. The van der Waals surface area contributed by atoms with E-state index in [9.17, 15) is 9.18 Å². The Balaban J connectivity index is 1.27. The number of oxazole rings is 1. The van der Waals surface area contributed by atoms with Gasteiger partial charge < -0.3 is 9.32 Å². The van der Waals surface area contributed by atoms with Gasteiger partial charge >= 0.3 is 5.76 Å². The van der Waals surface area contributed by atoms with Crippen LogP contribution in [-0.2, 0) is 6.42 Å². The van der Waals surface area contributed by atoms with Gasteiger partial charge in [0.2, 0.25) is 0 Å². The fraction of sp³-hybridized carbons (Fsp3) is 0.435. The molecule has 0 amide bonds. The zero-order valence-corrected chi connectivity index (χ0v) is 17.3. The van der Waals surface area contributed by atoms with Crippen LogP contribution in [-0.4, -0.2) is 29.5 Å². The average Bonchev–Trinajstić information content (AvgIpc) is 3.09. The minimum atomic E-state index is -0.402. The summed E-state index contributed by atoms with van der Waals surface area (Å²) in [6.45, 7) is 0.956. The molecule has 4 nitrogen and oxygen atoms in total. The molecule has 1 aliphatic carbocycles. The van der Waals surface area contributed by atoms with Gasteiger partial charge in [-0.05, 0) is 93.4 Å². The Morgan fingerprint density at radius 3 is 2.72 bits per heavy atom. The molecule has 0 radical (unpaired) electrons. The number of hydrogen-bond donors (Lipinski definition) is 1. The van der Waals surface area contributed by atoms with Gasteiger partial charge in [0.1, 0.15) is 5.82 Å². The van der Waals surface area contributed by atoms with Crippen molar-refractivity contribution < 1.29 is 8.81 Å². The lowest BCUT2D eigenvalue weighted by Gasteiger charge is -2.35. The predicted molar refractivity (Wildman–Crippen MR) is 114 cm³/mol. The highest BCUT2D eigenvalue weighted by Gasteiger charge is 2.25. The number of halogens is 2. The monoisotopic (exact) mass is 416 g/mol. The molecule has 154 valence electrons. The van der Waals surface area contributed by atoms with E-state index in [1.54, 1.807) is 12.1 Å². The molecule has 0 atom stereocenters. The lowest BCUT2D eigenvalue weighted by Crippen LogP contribution is -2.35. The maximum atomic E-state index is 13.9. The van der Waals surface area contributed by atoms with Crippen molar-refractivity contribution >= 4 is 22.7 Å². The first-order chi connectivity index (χ1) is 14.0. The molecule has 0 bridgehead atoms. The van der Waals surface area contributed by atoms with Gasteiger partial charge in [-0.15, -0.1) is 0 Å². The second-order valence-corrected chi connectivity index (χ2v) is 8.53. The molecule has 6 heteroatoms. The van der Waals surface area contributed by atoms with Crippen molar-refractivity contribution in [2.75, 3.05) is 13.6 Å². The average molecular weight is 417 g/mol. The van der Waals surface area contributed by atoms with Gasteiger partial charge in [0.25, 0.3) is 0 Å². The van der Waals surface area contributed by atoms with Crippen LogP contribution in [0.2, 0.25) is 5.02 Å². The summed E-state index contributed by atoms with van der Waals surface area (Å²) < 4.78 is 19.1. The van der Waals surface area contributed by atoms with Crippen molar-refractivity contribution in [1.82, 2.24) is 9.88 Å². The Labute approximate surface area is 174 Å². The summed E-state index contributed by atoms with van der Waals surface area (Å²) in [7, 11) is 2.17. The highest BCUT2D eigenvalue weighted by atomic mass is 35.5. The van der Waals surface area contributed by atoms with Crippen molar-refractivity contribution in [2.24, 2.45) is 0 Å². The first-order valence-electron chi connectivity index (χ1n) is 10.3. The van der Waals surface area contributed by atoms with Gasteiger partial charge in [0.05, 0.1) is 5.52 Å². The van der Waals surface area contributed by atoms with Crippen LogP contribution in [0.3, 0.4) is 0 Å². The lowest BCUT2D eigenvalue weighted by molar-refractivity contribution is 0.181. The normalized spacial score (nSPS) is 19.9. The predicted octanol–water partition coefficient (Wildman–Crippen LogP) is 5.50. The molecule has 1 heterocycles. The number of hydrogen-bond acceptors (Lipinski definition) is 3. The van der Waals surface area contributed by atoms with Crippen LogP contribution >= 0.6 is 11.6 Å². The molecule has 4 rings (SSSR count). The molecule has 0 saturated heterocycles. The van der Waals surface area contributed by atoms with Crippen molar-refractivity contribution in [3.63, 3.8) is 0 Å². The Morgan fingerprint density at radius 2 is 1.97 bits per heavy atom. The number of benzene rings is 2. The Morgan fingerprint density at radius 1 is 1.17 bits per heavy atom. The Hall–Kier alpha value is -2.11. The summed E-state index contributed by atoms with van der Waals surface area (Å²) in [6.07, 6.45) is 6.20. The molecule has 1 N–H and O–H groups in total. The van der Waals surface area contributed by atoms with Crippen LogP contribution in [0.1, 0.15) is 49.1 Å². The summed E-state index contributed by atoms with van der Waals surface area (Å²) in [5, 5.41) is 0.443. The van der Waals surface area contributed by atoms with Gasteiger partial charge in [0, 0.05) is 11.1 Å². The SMILES string of the molecule is CN(CCCc1ccc(Cl)cc1F)C1CCC(c2ccc3[nH]c(=O)oc3c2)CC1. The van der Waals surface area contributed by atoms with Crippen molar-refractivity contribution in [1.29, 1.82) is 0 Å². The molecule has 3 aromatic rings. The third kappa shape index (κ3) is 4.73. The Bertz CT molecular complexity index is 1040. The quantitative estimate of drug-likeness (QED) is 0.576.